The molecule has 0 saturated heterocycles. The molecule has 1 aromatic heterocycles. The van der Waals surface area contributed by atoms with E-state index in [0.29, 0.717) is 10.6 Å². The van der Waals surface area contributed by atoms with Crippen LogP contribution in [0, 0.1) is 17.0 Å². The van der Waals surface area contributed by atoms with Crippen LogP contribution >= 0.6 is 11.3 Å². The summed E-state index contributed by atoms with van der Waals surface area (Å²) in [5.74, 6) is 0. The van der Waals surface area contributed by atoms with Gasteiger partial charge in [0.25, 0.3) is 5.70 Å². The topological polar surface area (TPSA) is 56.0 Å². The third-order valence-corrected chi connectivity index (χ3v) is 3.07. The molecule has 0 atom stereocenters. The first-order chi connectivity index (χ1) is 8.16. The molecule has 0 aliphatic heterocycles. The lowest BCUT2D eigenvalue weighted by Crippen LogP contribution is -1.97. The van der Waals surface area contributed by atoms with Crippen LogP contribution in [0.2, 0.25) is 0 Å². The molecule has 17 heavy (non-hydrogen) atoms. The Hall–Kier alpha value is -2.01. The average Bonchev–Trinajstić information content (AvgIpc) is 2.73. The number of thiazole rings is 1. The molecule has 0 bridgehead atoms. The summed E-state index contributed by atoms with van der Waals surface area (Å²) in [4.78, 5) is 14.8. The fraction of sp³-hybridized carbons (Fsp3) is 0.0833. The van der Waals surface area contributed by atoms with Crippen LogP contribution in [0.3, 0.4) is 0 Å². The van der Waals surface area contributed by atoms with Gasteiger partial charge in [-0.3, -0.25) is 10.1 Å². The van der Waals surface area contributed by atoms with Gasteiger partial charge < -0.3 is 0 Å². The standard InChI is InChI=1S/C12H10N2O2S/c1-9-8-17-12(13-9)7-11(14(15)16)10-5-3-2-4-6-10/h2-8H,1H3/b11-7+. The summed E-state index contributed by atoms with van der Waals surface area (Å²) < 4.78 is 0. The number of rotatable bonds is 3. The SMILES string of the molecule is Cc1csc(/C=C(\c2ccccc2)[N+](=O)[O-])n1. The maximum Gasteiger partial charge on any atom is 0.279 e. The first kappa shape index (κ1) is 11.5. The zero-order valence-corrected chi connectivity index (χ0v) is 9.98. The maximum absolute atomic E-state index is 11.0. The summed E-state index contributed by atoms with van der Waals surface area (Å²) in [5, 5.41) is 13.5. The van der Waals surface area contributed by atoms with Crippen LogP contribution in [0.4, 0.5) is 0 Å². The van der Waals surface area contributed by atoms with Gasteiger partial charge in [0.1, 0.15) is 5.01 Å². The predicted molar refractivity (Wildman–Crippen MR) is 68.2 cm³/mol. The molecule has 4 nitrogen and oxygen atoms in total. The Morgan fingerprint density at radius 3 is 2.65 bits per heavy atom. The van der Waals surface area contributed by atoms with Crippen LogP contribution < -0.4 is 0 Å². The molecule has 0 aliphatic rings. The molecular formula is C12H10N2O2S. The van der Waals surface area contributed by atoms with Crippen molar-refractivity contribution in [3.8, 4) is 0 Å². The summed E-state index contributed by atoms with van der Waals surface area (Å²) in [7, 11) is 0. The number of nitrogens with zero attached hydrogens (tertiary/aromatic N) is 2. The van der Waals surface area contributed by atoms with Gasteiger partial charge in [-0.05, 0) is 19.1 Å². The molecule has 0 N–H and O–H groups in total. The largest absolute Gasteiger partial charge is 0.279 e. The highest BCUT2D eigenvalue weighted by Crippen LogP contribution is 2.20. The van der Waals surface area contributed by atoms with Crippen molar-refractivity contribution >= 4 is 23.1 Å². The Morgan fingerprint density at radius 1 is 1.41 bits per heavy atom. The molecule has 5 heteroatoms. The van der Waals surface area contributed by atoms with Crippen molar-refractivity contribution in [1.29, 1.82) is 0 Å². The Balaban J connectivity index is 2.43. The zero-order valence-electron chi connectivity index (χ0n) is 9.16. The molecule has 0 fully saturated rings. The van der Waals surface area contributed by atoms with E-state index < -0.39 is 0 Å². The van der Waals surface area contributed by atoms with Crippen LogP contribution in [0.5, 0.6) is 0 Å². The van der Waals surface area contributed by atoms with Crippen molar-refractivity contribution in [1.82, 2.24) is 4.98 Å². The van der Waals surface area contributed by atoms with Gasteiger partial charge in [0.15, 0.2) is 0 Å². The molecule has 0 spiro atoms. The zero-order chi connectivity index (χ0) is 12.3. The van der Waals surface area contributed by atoms with Crippen molar-refractivity contribution in [3.63, 3.8) is 0 Å². The Bertz CT molecular complexity index is 561. The molecule has 2 aromatic rings. The van der Waals surface area contributed by atoms with Crippen LogP contribution in [0.1, 0.15) is 16.3 Å². The van der Waals surface area contributed by atoms with Gasteiger partial charge in [-0.2, -0.15) is 0 Å². The van der Waals surface area contributed by atoms with Crippen LogP contribution in [-0.4, -0.2) is 9.91 Å². The third kappa shape index (κ3) is 2.76. The molecule has 1 aromatic carbocycles. The molecule has 0 radical (unpaired) electrons. The van der Waals surface area contributed by atoms with Crippen molar-refractivity contribution in [2.75, 3.05) is 0 Å². The van der Waals surface area contributed by atoms with E-state index in [9.17, 15) is 10.1 Å². The smallest absolute Gasteiger partial charge is 0.258 e. The summed E-state index contributed by atoms with van der Waals surface area (Å²) >= 11 is 1.40. The highest BCUT2D eigenvalue weighted by Gasteiger charge is 2.14. The molecule has 0 saturated carbocycles. The number of nitro groups is 1. The lowest BCUT2D eigenvalue weighted by Gasteiger charge is -1.97. The number of hydrogen-bond acceptors (Lipinski definition) is 4. The van der Waals surface area contributed by atoms with Gasteiger partial charge in [0, 0.05) is 11.1 Å². The van der Waals surface area contributed by atoms with Gasteiger partial charge in [0.2, 0.25) is 0 Å². The molecular weight excluding hydrogens is 236 g/mol. The van der Waals surface area contributed by atoms with Gasteiger partial charge in [0.05, 0.1) is 16.6 Å². The Labute approximate surface area is 102 Å². The monoisotopic (exact) mass is 246 g/mol. The third-order valence-electron chi connectivity index (χ3n) is 2.16. The van der Waals surface area contributed by atoms with Crippen molar-refractivity contribution in [2.45, 2.75) is 6.92 Å². The second kappa shape index (κ2) is 4.88. The summed E-state index contributed by atoms with van der Waals surface area (Å²) in [6.07, 6.45) is 1.51. The van der Waals surface area contributed by atoms with Crippen molar-refractivity contribution in [3.05, 3.63) is 62.1 Å². The van der Waals surface area contributed by atoms with Crippen molar-refractivity contribution in [2.24, 2.45) is 0 Å². The lowest BCUT2D eigenvalue weighted by atomic mass is 10.1. The van der Waals surface area contributed by atoms with Crippen LogP contribution in [0.15, 0.2) is 35.7 Å². The highest BCUT2D eigenvalue weighted by molar-refractivity contribution is 7.10. The average molecular weight is 246 g/mol. The first-order valence-electron chi connectivity index (χ1n) is 5.00. The summed E-state index contributed by atoms with van der Waals surface area (Å²) in [5.41, 5.74) is 1.53. The minimum Gasteiger partial charge on any atom is -0.258 e. The van der Waals surface area contributed by atoms with E-state index in [1.165, 1.54) is 17.4 Å². The minimum atomic E-state index is -0.383. The molecule has 86 valence electrons. The second-order valence-electron chi connectivity index (χ2n) is 3.48. The van der Waals surface area contributed by atoms with E-state index in [1.54, 1.807) is 24.3 Å². The minimum absolute atomic E-state index is 0.0694. The summed E-state index contributed by atoms with van der Waals surface area (Å²) in [6, 6.07) is 8.82. The van der Waals surface area contributed by atoms with Crippen LogP contribution in [0.25, 0.3) is 11.8 Å². The van der Waals surface area contributed by atoms with E-state index in [2.05, 4.69) is 4.98 Å². The molecule has 2 rings (SSSR count). The summed E-state index contributed by atoms with van der Waals surface area (Å²) in [6.45, 7) is 1.86. The number of hydrogen-bond donors (Lipinski definition) is 0. The number of aryl methyl sites for hydroxylation is 1. The highest BCUT2D eigenvalue weighted by atomic mass is 32.1. The molecule has 0 aliphatic carbocycles. The lowest BCUT2D eigenvalue weighted by molar-refractivity contribution is -0.374. The van der Waals surface area contributed by atoms with Crippen molar-refractivity contribution < 1.29 is 4.92 Å². The Morgan fingerprint density at radius 2 is 2.12 bits per heavy atom. The van der Waals surface area contributed by atoms with E-state index >= 15 is 0 Å². The van der Waals surface area contributed by atoms with Gasteiger partial charge in [-0.1, -0.05) is 18.2 Å². The van der Waals surface area contributed by atoms with Crippen LogP contribution in [-0.2, 0) is 0 Å². The molecule has 1 heterocycles. The quantitative estimate of drug-likeness (QED) is 0.617. The van der Waals surface area contributed by atoms with Gasteiger partial charge in [-0.15, -0.1) is 11.3 Å². The Kier molecular flexibility index (Phi) is 3.30. The van der Waals surface area contributed by atoms with E-state index in [1.807, 2.05) is 18.4 Å². The molecule has 0 amide bonds. The fourth-order valence-electron chi connectivity index (χ4n) is 1.41. The maximum atomic E-state index is 11.0. The second-order valence-corrected chi connectivity index (χ2v) is 4.37. The fourth-order valence-corrected chi connectivity index (χ4v) is 2.13. The van der Waals surface area contributed by atoms with E-state index in [4.69, 9.17) is 0 Å². The number of aromatic nitrogens is 1. The van der Waals surface area contributed by atoms with E-state index in [-0.39, 0.29) is 10.6 Å². The first-order valence-corrected chi connectivity index (χ1v) is 5.88. The van der Waals surface area contributed by atoms with E-state index in [0.717, 1.165) is 5.69 Å². The predicted octanol–water partition coefficient (Wildman–Crippen LogP) is 3.23. The normalized spacial score (nSPS) is 11.5. The number of benzene rings is 1. The molecule has 0 unspecified atom stereocenters. The van der Waals surface area contributed by atoms with Gasteiger partial charge in [-0.25, -0.2) is 4.98 Å². The van der Waals surface area contributed by atoms with Gasteiger partial charge >= 0.3 is 0 Å².